The fourth-order valence-electron chi connectivity index (χ4n) is 1.37. The third-order valence-corrected chi connectivity index (χ3v) is 2.66. The monoisotopic (exact) mass is 361 g/mol. The lowest BCUT2D eigenvalue weighted by Gasteiger charge is -2.12. The summed E-state index contributed by atoms with van der Waals surface area (Å²) in [5.74, 6) is -0.230. The van der Waals surface area contributed by atoms with E-state index in [0.29, 0.717) is 30.0 Å². The molecule has 0 aliphatic rings. The van der Waals surface area contributed by atoms with E-state index in [1.165, 1.54) is 12.1 Å². The smallest absolute Gasteiger partial charge is 0.153 e. The van der Waals surface area contributed by atoms with Crippen LogP contribution in [0.1, 0.15) is 30.6 Å². The van der Waals surface area contributed by atoms with Crippen LogP contribution in [0.5, 0.6) is 5.75 Å². The van der Waals surface area contributed by atoms with Crippen LogP contribution in [0.3, 0.4) is 0 Å². The van der Waals surface area contributed by atoms with Gasteiger partial charge in [0, 0.05) is 28.1 Å². The molecule has 0 bridgehead atoms. The van der Waals surface area contributed by atoms with E-state index in [1.807, 2.05) is 0 Å². The Hall–Kier alpha value is -0.738. The van der Waals surface area contributed by atoms with E-state index in [2.05, 4.69) is 0 Å². The first-order valence-corrected chi connectivity index (χ1v) is 6.89. The lowest BCUT2D eigenvalue weighted by atomic mass is 10.1. The highest BCUT2D eigenvalue weighted by atomic mass is 35.5. The second kappa shape index (κ2) is 10.9. The van der Waals surface area contributed by atoms with Gasteiger partial charge >= 0.3 is 0 Å². The van der Waals surface area contributed by atoms with Crippen molar-refractivity contribution in [3.63, 3.8) is 0 Å². The van der Waals surface area contributed by atoms with Gasteiger partial charge in [0.05, 0.1) is 16.2 Å². The average molecular weight is 362 g/mol. The highest BCUT2D eigenvalue weighted by Crippen LogP contribution is 2.29. The summed E-state index contributed by atoms with van der Waals surface area (Å²) in [5.41, 5.74) is 10.7. The van der Waals surface area contributed by atoms with Crippen LogP contribution in [0.15, 0.2) is 23.9 Å². The quantitative estimate of drug-likeness (QED) is 0.484. The molecule has 0 aliphatic heterocycles. The molecule has 6 N–H and O–H groups in total. The lowest BCUT2D eigenvalue weighted by molar-refractivity contribution is 0.112. The third-order valence-electron chi connectivity index (χ3n) is 2.16. The predicted octanol–water partition coefficient (Wildman–Crippen LogP) is 2.08. The Labute approximate surface area is 151 Å². The highest BCUT2D eigenvalue weighted by molar-refractivity contribution is 6.36. The molecule has 5 nitrogen and oxygen atoms in total. The number of hydrogen-bond acceptors (Lipinski definition) is 5. The van der Waals surface area contributed by atoms with E-state index in [-0.39, 0.29) is 33.7 Å². The Morgan fingerprint density at radius 3 is 2.32 bits per heavy atom. The van der Waals surface area contributed by atoms with Crippen LogP contribution in [-0.2, 0) is 0 Å². The van der Waals surface area contributed by atoms with E-state index < -0.39 is 5.60 Å². The Balaban J connectivity index is 0. The zero-order valence-electron chi connectivity index (χ0n) is 12.5. The molecule has 0 saturated heterocycles. The van der Waals surface area contributed by atoms with Gasteiger partial charge in [-0.25, -0.2) is 0 Å². The molecule has 0 spiro atoms. The predicted molar refractivity (Wildman–Crippen MR) is 91.5 cm³/mol. The molecule has 0 amide bonds. The normalized spacial score (nSPS) is 11.1. The molecule has 1 rings (SSSR count). The molecule has 0 heterocycles. The largest absolute Gasteiger partial charge is 0.506 e. The van der Waals surface area contributed by atoms with Gasteiger partial charge in [0.15, 0.2) is 6.29 Å². The van der Waals surface area contributed by atoms with E-state index in [4.69, 9.17) is 39.8 Å². The summed E-state index contributed by atoms with van der Waals surface area (Å²) in [6.45, 7) is 3.88. The summed E-state index contributed by atoms with van der Waals surface area (Å²) in [6.07, 6.45) is 2.75. The summed E-state index contributed by atoms with van der Waals surface area (Å²) in [4.78, 5) is 10.3. The summed E-state index contributed by atoms with van der Waals surface area (Å²) in [7, 11) is 0. The molecule has 1 aromatic rings. The Kier molecular flexibility index (Phi) is 11.7. The van der Waals surface area contributed by atoms with Crippen molar-refractivity contribution in [1.82, 2.24) is 0 Å². The molecule has 8 heteroatoms. The van der Waals surface area contributed by atoms with Crippen molar-refractivity contribution in [2.45, 2.75) is 25.9 Å². The Morgan fingerprint density at radius 1 is 1.36 bits per heavy atom. The maximum absolute atomic E-state index is 10.3. The van der Waals surface area contributed by atoms with Gasteiger partial charge in [0.2, 0.25) is 0 Å². The zero-order chi connectivity index (χ0) is 16.6. The number of aromatic hydroxyl groups is 1. The molecule has 121 valence electrons. The van der Waals surface area contributed by atoms with Gasteiger partial charge in [-0.05, 0) is 45.0 Å². The van der Waals surface area contributed by atoms with Gasteiger partial charge in [-0.3, -0.25) is 4.79 Å². The number of hydrogen-bond donors (Lipinski definition) is 4. The van der Waals surface area contributed by atoms with Crippen LogP contribution in [0.25, 0.3) is 0 Å². The van der Waals surface area contributed by atoms with Gasteiger partial charge in [0.1, 0.15) is 5.75 Å². The number of phenolic OH excluding ortho intramolecular Hbond substituents is 1. The second-order valence-corrected chi connectivity index (χ2v) is 5.70. The first-order chi connectivity index (χ1) is 9.60. The van der Waals surface area contributed by atoms with Crippen molar-refractivity contribution in [3.8, 4) is 5.75 Å². The third kappa shape index (κ3) is 10.1. The maximum Gasteiger partial charge on any atom is 0.153 e. The van der Waals surface area contributed by atoms with Crippen LogP contribution in [0, 0.1) is 0 Å². The Morgan fingerprint density at radius 2 is 1.91 bits per heavy atom. The van der Waals surface area contributed by atoms with Gasteiger partial charge in [-0.1, -0.05) is 23.2 Å². The van der Waals surface area contributed by atoms with Crippen LogP contribution >= 0.6 is 23.2 Å². The number of carbonyl (C=O) groups excluding carboxylic acids is 1. The van der Waals surface area contributed by atoms with Crippen LogP contribution in [-0.4, -0.2) is 46.0 Å². The molecule has 0 saturated carbocycles. The lowest BCUT2D eigenvalue weighted by Crippen LogP contribution is -2.18. The molecule has 3 radical (unpaired) electrons. The van der Waals surface area contributed by atoms with Crippen LogP contribution in [0.4, 0.5) is 0 Å². The molecule has 0 unspecified atom stereocenters. The fraction of sp³-hybridized carbons (Fsp3) is 0.357. The summed E-state index contributed by atoms with van der Waals surface area (Å²) < 4.78 is 0. The van der Waals surface area contributed by atoms with Crippen molar-refractivity contribution in [2.24, 2.45) is 11.5 Å². The minimum absolute atomic E-state index is 0. The van der Waals surface area contributed by atoms with Crippen molar-refractivity contribution < 1.29 is 15.0 Å². The molecule has 0 aliphatic carbocycles. The molecule has 0 fully saturated rings. The maximum atomic E-state index is 10.3. The first-order valence-electron chi connectivity index (χ1n) is 6.13. The zero-order valence-corrected chi connectivity index (χ0v) is 15.2. The summed E-state index contributed by atoms with van der Waals surface area (Å²) in [5, 5.41) is 18.7. The average Bonchev–Trinajstić information content (AvgIpc) is 2.32. The first kappa shape index (κ1) is 23.5. The number of phenols is 1. The minimum Gasteiger partial charge on any atom is -0.506 e. The second-order valence-electron chi connectivity index (χ2n) is 4.85. The van der Waals surface area contributed by atoms with E-state index in [1.54, 1.807) is 19.9 Å². The summed E-state index contributed by atoms with van der Waals surface area (Å²) >= 11 is 11.1. The highest BCUT2D eigenvalue weighted by Gasteiger charge is 2.08. The van der Waals surface area contributed by atoms with E-state index in [9.17, 15) is 9.90 Å². The number of carbonyl (C=O) groups is 1. The minimum atomic E-state index is -0.820. The van der Waals surface area contributed by atoms with E-state index in [0.717, 1.165) is 0 Å². The molecule has 1 aromatic carbocycles. The molecule has 0 atom stereocenters. The van der Waals surface area contributed by atoms with E-state index >= 15 is 0 Å². The van der Waals surface area contributed by atoms with Gasteiger partial charge in [0.25, 0.3) is 0 Å². The number of rotatable bonds is 4. The number of aldehydes is 1. The number of nitrogens with two attached hydrogens (primary N) is 2. The van der Waals surface area contributed by atoms with Crippen LogP contribution in [0.2, 0.25) is 10.0 Å². The number of aliphatic hydroxyl groups is 1. The number of halogens is 2. The standard InChI is InChI=1S/C7H4Cl2O2.C7H16N2O.Al/c8-5-1-4(3-10)7(11)6(9)2-5;1-7(2,10)5-6(9)3-4-8;/h1-3,11H;5,10H,3-4,8-9H2,1-2H3;. The van der Waals surface area contributed by atoms with Crippen molar-refractivity contribution >= 4 is 46.8 Å². The molecule has 0 aromatic heterocycles. The van der Waals surface area contributed by atoms with Crippen molar-refractivity contribution in [3.05, 3.63) is 39.5 Å². The molecular weight excluding hydrogens is 342 g/mol. The van der Waals surface area contributed by atoms with Gasteiger partial charge in [-0.2, -0.15) is 0 Å². The molecular formula is C14H20AlCl2N2O3. The van der Waals surface area contributed by atoms with Gasteiger partial charge < -0.3 is 21.7 Å². The topological polar surface area (TPSA) is 110 Å². The molecule has 22 heavy (non-hydrogen) atoms. The van der Waals surface area contributed by atoms with Crippen LogP contribution < -0.4 is 11.5 Å². The van der Waals surface area contributed by atoms with Crippen molar-refractivity contribution in [2.75, 3.05) is 6.54 Å². The number of benzene rings is 1. The fourth-order valence-corrected chi connectivity index (χ4v) is 1.88. The Bertz CT molecular complexity index is 518. The SMILES string of the molecule is CC(C)(O)C=C(N)CCN.O=Cc1cc(Cl)cc(Cl)c1O.[Al]. The van der Waals surface area contributed by atoms with Gasteiger partial charge in [-0.15, -0.1) is 0 Å². The van der Waals surface area contributed by atoms with Crippen molar-refractivity contribution in [1.29, 1.82) is 0 Å². The summed E-state index contributed by atoms with van der Waals surface area (Å²) in [6, 6.07) is 2.71.